The van der Waals surface area contributed by atoms with Gasteiger partial charge in [0.1, 0.15) is 0 Å². The lowest BCUT2D eigenvalue weighted by Crippen LogP contribution is -2.30. The third kappa shape index (κ3) is 1.94. The van der Waals surface area contributed by atoms with Crippen LogP contribution in [0, 0.1) is 5.92 Å². The van der Waals surface area contributed by atoms with Crippen LogP contribution in [-0.2, 0) is 11.2 Å². The van der Waals surface area contributed by atoms with E-state index in [-0.39, 0.29) is 11.9 Å². The third-order valence-corrected chi connectivity index (χ3v) is 5.33. The van der Waals surface area contributed by atoms with E-state index in [2.05, 4.69) is 35.7 Å². The number of amides is 1. The standard InChI is InChI=1S/C17H16N2OS/c1-11(20)19-17(15-7-4-10-21-15)14-9-8-12-5-2-3-6-13(12)16(14)18-19/h2-7,10,14,17H,8-9H2,1H3/t14-,17-/m0/s1. The van der Waals surface area contributed by atoms with E-state index in [1.807, 2.05) is 6.07 Å². The highest BCUT2D eigenvalue weighted by Gasteiger charge is 2.43. The number of carbonyl (C=O) groups is 1. The molecule has 4 heteroatoms. The summed E-state index contributed by atoms with van der Waals surface area (Å²) < 4.78 is 0. The number of aryl methyl sites for hydroxylation is 1. The second kappa shape index (κ2) is 4.81. The van der Waals surface area contributed by atoms with Crippen LogP contribution in [0.5, 0.6) is 0 Å². The second-order valence-corrected chi connectivity index (χ2v) is 6.59. The number of fused-ring (bicyclic) bond motifs is 3. The molecule has 1 aliphatic carbocycles. The largest absolute Gasteiger partial charge is 0.273 e. The zero-order valence-corrected chi connectivity index (χ0v) is 12.6. The molecule has 2 heterocycles. The maximum Gasteiger partial charge on any atom is 0.240 e. The molecule has 2 atom stereocenters. The van der Waals surface area contributed by atoms with Crippen molar-refractivity contribution in [1.82, 2.24) is 5.01 Å². The van der Waals surface area contributed by atoms with Crippen LogP contribution >= 0.6 is 11.3 Å². The van der Waals surface area contributed by atoms with E-state index >= 15 is 0 Å². The smallest absolute Gasteiger partial charge is 0.240 e. The van der Waals surface area contributed by atoms with Gasteiger partial charge < -0.3 is 0 Å². The number of hydrogen-bond acceptors (Lipinski definition) is 3. The van der Waals surface area contributed by atoms with Crippen LogP contribution in [0.25, 0.3) is 0 Å². The van der Waals surface area contributed by atoms with Gasteiger partial charge in [-0.2, -0.15) is 5.10 Å². The van der Waals surface area contributed by atoms with Gasteiger partial charge in [-0.25, -0.2) is 5.01 Å². The molecule has 0 fully saturated rings. The quantitative estimate of drug-likeness (QED) is 0.791. The Kier molecular flexibility index (Phi) is 2.93. The number of benzene rings is 1. The van der Waals surface area contributed by atoms with Crippen molar-refractivity contribution in [2.45, 2.75) is 25.8 Å². The number of thiophene rings is 1. The summed E-state index contributed by atoms with van der Waals surface area (Å²) in [4.78, 5) is 13.3. The molecule has 3 nitrogen and oxygen atoms in total. The van der Waals surface area contributed by atoms with Crippen molar-refractivity contribution in [1.29, 1.82) is 0 Å². The average molecular weight is 296 g/mol. The fourth-order valence-electron chi connectivity index (χ4n) is 3.46. The van der Waals surface area contributed by atoms with Gasteiger partial charge in [0, 0.05) is 23.3 Å². The Hall–Kier alpha value is -1.94. The minimum absolute atomic E-state index is 0.0211. The van der Waals surface area contributed by atoms with Crippen LogP contribution in [0.1, 0.15) is 35.4 Å². The predicted octanol–water partition coefficient (Wildman–Crippen LogP) is 3.62. The maximum absolute atomic E-state index is 12.0. The first-order valence-electron chi connectivity index (χ1n) is 7.25. The van der Waals surface area contributed by atoms with E-state index in [9.17, 15) is 4.79 Å². The van der Waals surface area contributed by atoms with Crippen molar-refractivity contribution in [3.05, 3.63) is 57.8 Å². The number of hydrogen-bond donors (Lipinski definition) is 0. The van der Waals surface area contributed by atoms with Crippen LogP contribution in [0.15, 0.2) is 46.9 Å². The molecule has 1 aromatic carbocycles. The van der Waals surface area contributed by atoms with Gasteiger partial charge in [-0.05, 0) is 29.9 Å². The van der Waals surface area contributed by atoms with E-state index in [1.54, 1.807) is 23.3 Å². The SMILES string of the molecule is CC(=O)N1N=C2c3ccccc3CC[C@@H]2[C@H]1c1cccs1. The van der Waals surface area contributed by atoms with E-state index in [4.69, 9.17) is 5.10 Å². The number of hydrazone groups is 1. The van der Waals surface area contributed by atoms with Crippen LogP contribution in [0.2, 0.25) is 0 Å². The molecule has 0 unspecified atom stereocenters. The lowest BCUT2D eigenvalue weighted by atomic mass is 9.79. The molecule has 0 saturated heterocycles. The molecule has 2 aromatic rings. The summed E-state index contributed by atoms with van der Waals surface area (Å²) in [6.07, 6.45) is 2.12. The predicted molar refractivity (Wildman–Crippen MR) is 84.4 cm³/mol. The summed E-state index contributed by atoms with van der Waals surface area (Å²) in [5.41, 5.74) is 3.66. The van der Waals surface area contributed by atoms with E-state index in [0.717, 1.165) is 18.6 Å². The summed E-state index contributed by atoms with van der Waals surface area (Å²) in [6.45, 7) is 1.61. The minimum Gasteiger partial charge on any atom is -0.273 e. The van der Waals surface area contributed by atoms with Gasteiger partial charge in [-0.1, -0.05) is 30.3 Å². The van der Waals surface area contributed by atoms with Crippen LogP contribution < -0.4 is 0 Å². The zero-order chi connectivity index (χ0) is 14.4. The molecule has 2 aliphatic rings. The first-order valence-corrected chi connectivity index (χ1v) is 8.13. The van der Waals surface area contributed by atoms with Crippen molar-refractivity contribution in [3.8, 4) is 0 Å². The summed E-state index contributed by atoms with van der Waals surface area (Å²) >= 11 is 1.71. The summed E-state index contributed by atoms with van der Waals surface area (Å²) in [7, 11) is 0. The van der Waals surface area contributed by atoms with Crippen LogP contribution in [0.3, 0.4) is 0 Å². The van der Waals surface area contributed by atoms with Crippen molar-refractivity contribution >= 4 is 23.0 Å². The van der Waals surface area contributed by atoms with Crippen molar-refractivity contribution in [3.63, 3.8) is 0 Å². The van der Waals surface area contributed by atoms with Gasteiger partial charge in [0.2, 0.25) is 5.91 Å². The molecule has 1 aliphatic heterocycles. The van der Waals surface area contributed by atoms with Crippen LogP contribution in [-0.4, -0.2) is 16.6 Å². The van der Waals surface area contributed by atoms with Crippen molar-refractivity contribution < 1.29 is 4.79 Å². The van der Waals surface area contributed by atoms with Gasteiger partial charge in [0.15, 0.2) is 0 Å². The molecule has 0 radical (unpaired) electrons. The molecule has 106 valence electrons. The zero-order valence-electron chi connectivity index (χ0n) is 11.8. The Bertz CT molecular complexity index is 720. The monoisotopic (exact) mass is 296 g/mol. The Labute approximate surface area is 127 Å². The van der Waals surface area contributed by atoms with Gasteiger partial charge in [-0.3, -0.25) is 4.79 Å². The second-order valence-electron chi connectivity index (χ2n) is 5.61. The molecular weight excluding hydrogens is 280 g/mol. The highest BCUT2D eigenvalue weighted by molar-refractivity contribution is 7.10. The molecular formula is C17H16N2OS. The summed E-state index contributed by atoms with van der Waals surface area (Å²) in [5, 5.41) is 8.46. The fraction of sp³-hybridized carbons (Fsp3) is 0.294. The maximum atomic E-state index is 12.0. The Morgan fingerprint density at radius 2 is 2.14 bits per heavy atom. The van der Waals surface area contributed by atoms with E-state index in [1.165, 1.54) is 16.0 Å². The molecule has 1 aromatic heterocycles. The van der Waals surface area contributed by atoms with Crippen LogP contribution in [0.4, 0.5) is 0 Å². The average Bonchev–Trinajstić information content (AvgIpc) is 3.13. The van der Waals surface area contributed by atoms with Crippen molar-refractivity contribution in [2.75, 3.05) is 0 Å². The lowest BCUT2D eigenvalue weighted by Gasteiger charge is -2.28. The first kappa shape index (κ1) is 12.8. The van der Waals surface area contributed by atoms with Gasteiger partial charge in [0.05, 0.1) is 11.8 Å². The minimum atomic E-state index is 0.0211. The van der Waals surface area contributed by atoms with E-state index < -0.39 is 0 Å². The molecule has 4 rings (SSSR count). The van der Waals surface area contributed by atoms with Gasteiger partial charge in [-0.15, -0.1) is 11.3 Å². The summed E-state index contributed by atoms with van der Waals surface area (Å²) in [6, 6.07) is 12.7. The fourth-order valence-corrected chi connectivity index (χ4v) is 4.34. The van der Waals surface area contributed by atoms with Gasteiger partial charge in [0.25, 0.3) is 0 Å². The Morgan fingerprint density at radius 1 is 1.29 bits per heavy atom. The molecule has 0 saturated carbocycles. The molecule has 1 amide bonds. The Morgan fingerprint density at radius 3 is 2.90 bits per heavy atom. The number of carbonyl (C=O) groups excluding carboxylic acids is 1. The number of nitrogens with zero attached hydrogens (tertiary/aromatic N) is 2. The summed E-state index contributed by atoms with van der Waals surface area (Å²) in [5.74, 6) is 0.343. The topological polar surface area (TPSA) is 32.7 Å². The molecule has 0 N–H and O–H groups in total. The van der Waals surface area contributed by atoms with E-state index in [0.29, 0.717) is 5.92 Å². The normalized spacial score (nSPS) is 23.5. The molecule has 0 spiro atoms. The highest BCUT2D eigenvalue weighted by atomic mass is 32.1. The highest BCUT2D eigenvalue weighted by Crippen LogP contribution is 2.44. The number of rotatable bonds is 1. The first-order chi connectivity index (χ1) is 10.3. The van der Waals surface area contributed by atoms with Crippen molar-refractivity contribution in [2.24, 2.45) is 11.0 Å². The Balaban J connectivity index is 1.83. The molecule has 21 heavy (non-hydrogen) atoms. The molecule has 0 bridgehead atoms. The van der Waals surface area contributed by atoms with Gasteiger partial charge >= 0.3 is 0 Å². The lowest BCUT2D eigenvalue weighted by molar-refractivity contribution is -0.131. The third-order valence-electron chi connectivity index (χ3n) is 4.39.